The summed E-state index contributed by atoms with van der Waals surface area (Å²) in [5.41, 5.74) is 2.50. The lowest BCUT2D eigenvalue weighted by atomic mass is 10.2. The molecule has 0 radical (unpaired) electrons. The largest absolute Gasteiger partial charge is 0.381 e. The van der Waals surface area contributed by atoms with E-state index in [9.17, 15) is 0 Å². The Labute approximate surface area is 104 Å². The van der Waals surface area contributed by atoms with E-state index in [-0.39, 0.29) is 0 Å². The van der Waals surface area contributed by atoms with Crippen LogP contribution in [0.3, 0.4) is 0 Å². The first-order chi connectivity index (χ1) is 8.11. The fraction of sp³-hybridized carbons (Fsp3) is 0.769. The van der Waals surface area contributed by atoms with Crippen LogP contribution in [0.5, 0.6) is 0 Å². The van der Waals surface area contributed by atoms with Crippen LogP contribution >= 0.6 is 0 Å². The monoisotopic (exact) mass is 239 g/mol. The molecule has 0 aliphatic rings. The van der Waals surface area contributed by atoms with E-state index < -0.39 is 0 Å². The highest BCUT2D eigenvalue weighted by Gasteiger charge is 2.02. The van der Waals surface area contributed by atoms with E-state index in [1.165, 1.54) is 11.3 Å². The van der Waals surface area contributed by atoms with Crippen molar-refractivity contribution >= 4 is 0 Å². The lowest BCUT2D eigenvalue weighted by Gasteiger charge is -2.07. The summed E-state index contributed by atoms with van der Waals surface area (Å²) in [6, 6.07) is 0. The molecule has 0 aromatic carbocycles. The van der Waals surface area contributed by atoms with E-state index in [1.807, 2.05) is 17.9 Å². The van der Waals surface area contributed by atoms with Crippen LogP contribution in [0.25, 0.3) is 0 Å². The molecule has 1 aromatic rings. The predicted molar refractivity (Wildman–Crippen MR) is 69.9 cm³/mol. The second-order valence-corrected chi connectivity index (χ2v) is 4.88. The zero-order chi connectivity index (χ0) is 12.7. The first kappa shape index (κ1) is 14.2. The van der Waals surface area contributed by atoms with Gasteiger partial charge in [-0.25, -0.2) is 0 Å². The first-order valence-electron chi connectivity index (χ1n) is 6.37. The molecule has 0 saturated carbocycles. The van der Waals surface area contributed by atoms with Crippen molar-refractivity contribution in [1.29, 1.82) is 0 Å². The zero-order valence-corrected chi connectivity index (χ0v) is 11.5. The fourth-order valence-corrected chi connectivity index (χ4v) is 1.56. The Bertz CT molecular complexity index is 320. The quantitative estimate of drug-likeness (QED) is 0.704. The highest BCUT2D eigenvalue weighted by Crippen LogP contribution is 2.04. The summed E-state index contributed by atoms with van der Waals surface area (Å²) < 4.78 is 7.42. The van der Waals surface area contributed by atoms with Crippen LogP contribution in [0.4, 0.5) is 0 Å². The topological polar surface area (TPSA) is 39.1 Å². The molecule has 1 aromatic heterocycles. The second-order valence-electron chi connectivity index (χ2n) is 4.88. The van der Waals surface area contributed by atoms with E-state index in [2.05, 4.69) is 31.2 Å². The first-order valence-corrected chi connectivity index (χ1v) is 6.37. The molecule has 1 heterocycles. The van der Waals surface area contributed by atoms with Crippen molar-refractivity contribution in [2.24, 2.45) is 13.0 Å². The van der Waals surface area contributed by atoms with Gasteiger partial charge in [-0.05, 0) is 25.8 Å². The molecule has 0 amide bonds. The molecule has 1 rings (SSSR count). The fourth-order valence-electron chi connectivity index (χ4n) is 1.56. The van der Waals surface area contributed by atoms with E-state index in [0.717, 1.165) is 32.7 Å². The molecule has 0 aliphatic heterocycles. The Balaban J connectivity index is 2.03. The van der Waals surface area contributed by atoms with Crippen molar-refractivity contribution in [2.75, 3.05) is 19.8 Å². The molecular weight excluding hydrogens is 214 g/mol. The average molecular weight is 239 g/mol. The number of ether oxygens (including phenoxy) is 1. The highest BCUT2D eigenvalue weighted by atomic mass is 16.5. The molecule has 0 atom stereocenters. The van der Waals surface area contributed by atoms with Crippen LogP contribution in [0, 0.1) is 12.8 Å². The third-order valence-corrected chi connectivity index (χ3v) is 2.75. The van der Waals surface area contributed by atoms with Crippen molar-refractivity contribution in [3.8, 4) is 0 Å². The Hall–Kier alpha value is -0.870. The lowest BCUT2D eigenvalue weighted by molar-refractivity contribution is 0.108. The summed E-state index contributed by atoms with van der Waals surface area (Å²) in [7, 11) is 1.97. The van der Waals surface area contributed by atoms with E-state index in [1.54, 1.807) is 0 Å². The second kappa shape index (κ2) is 7.45. The molecule has 4 heteroatoms. The summed E-state index contributed by atoms with van der Waals surface area (Å²) in [5.74, 6) is 0.626. The third kappa shape index (κ3) is 5.33. The molecule has 1 N–H and O–H groups in total. The van der Waals surface area contributed by atoms with Gasteiger partial charge in [-0.3, -0.25) is 4.68 Å². The van der Waals surface area contributed by atoms with Crippen LogP contribution in [0.2, 0.25) is 0 Å². The molecule has 0 spiro atoms. The van der Waals surface area contributed by atoms with Crippen LogP contribution in [0.1, 0.15) is 31.5 Å². The number of rotatable bonds is 8. The maximum Gasteiger partial charge on any atom is 0.0537 e. The summed E-state index contributed by atoms with van der Waals surface area (Å²) in [6.45, 7) is 10.0. The van der Waals surface area contributed by atoms with Gasteiger partial charge in [0.1, 0.15) is 0 Å². The summed E-state index contributed by atoms with van der Waals surface area (Å²) >= 11 is 0. The van der Waals surface area contributed by atoms with Gasteiger partial charge in [-0.2, -0.15) is 5.10 Å². The van der Waals surface area contributed by atoms with Crippen LogP contribution in [0.15, 0.2) is 6.20 Å². The number of aromatic nitrogens is 2. The number of hydrogen-bond donors (Lipinski definition) is 1. The molecule has 4 nitrogen and oxygen atoms in total. The van der Waals surface area contributed by atoms with Crippen molar-refractivity contribution < 1.29 is 4.74 Å². The van der Waals surface area contributed by atoms with Gasteiger partial charge in [-0.15, -0.1) is 0 Å². The minimum absolute atomic E-state index is 0.626. The van der Waals surface area contributed by atoms with Gasteiger partial charge in [0.15, 0.2) is 0 Å². The smallest absolute Gasteiger partial charge is 0.0537 e. The van der Waals surface area contributed by atoms with Gasteiger partial charge >= 0.3 is 0 Å². The lowest BCUT2D eigenvalue weighted by Crippen LogP contribution is -2.17. The Morgan fingerprint density at radius 2 is 2.24 bits per heavy atom. The van der Waals surface area contributed by atoms with E-state index in [4.69, 9.17) is 4.74 Å². The third-order valence-electron chi connectivity index (χ3n) is 2.75. The van der Waals surface area contributed by atoms with E-state index >= 15 is 0 Å². The number of nitrogens with zero attached hydrogens (tertiary/aromatic N) is 2. The maximum absolute atomic E-state index is 5.52. The Morgan fingerprint density at radius 1 is 1.47 bits per heavy atom. The summed E-state index contributed by atoms with van der Waals surface area (Å²) in [5, 5.41) is 7.63. The Morgan fingerprint density at radius 3 is 2.82 bits per heavy atom. The minimum atomic E-state index is 0.626. The van der Waals surface area contributed by atoms with Gasteiger partial charge in [0, 0.05) is 38.1 Å². The van der Waals surface area contributed by atoms with E-state index in [0.29, 0.717) is 5.92 Å². The van der Waals surface area contributed by atoms with Crippen LogP contribution in [-0.4, -0.2) is 29.5 Å². The number of hydrogen-bond acceptors (Lipinski definition) is 3. The molecule has 0 unspecified atom stereocenters. The van der Waals surface area contributed by atoms with Gasteiger partial charge < -0.3 is 10.1 Å². The maximum atomic E-state index is 5.52. The normalized spacial score (nSPS) is 11.4. The molecule has 0 fully saturated rings. The highest BCUT2D eigenvalue weighted by molar-refractivity contribution is 5.15. The van der Waals surface area contributed by atoms with Crippen molar-refractivity contribution in [1.82, 2.24) is 15.1 Å². The summed E-state index contributed by atoms with van der Waals surface area (Å²) in [6.07, 6.45) is 2.99. The standard InChI is InChI=1S/C13H25N3O/c1-11(2)10-17-7-5-6-14-8-13-9-15-16(4)12(13)3/h9,11,14H,5-8,10H2,1-4H3. The molecule has 0 aliphatic carbocycles. The minimum Gasteiger partial charge on any atom is -0.381 e. The molecule has 98 valence electrons. The molecule has 0 bridgehead atoms. The SMILES string of the molecule is Cc1c(CNCCCOCC(C)C)cnn1C. The zero-order valence-electron chi connectivity index (χ0n) is 11.5. The Kier molecular flexibility index (Phi) is 6.22. The van der Waals surface area contributed by atoms with Crippen LogP contribution in [-0.2, 0) is 18.3 Å². The van der Waals surface area contributed by atoms with Crippen molar-refractivity contribution in [3.05, 3.63) is 17.5 Å². The van der Waals surface area contributed by atoms with Crippen molar-refractivity contribution in [2.45, 2.75) is 33.7 Å². The number of aryl methyl sites for hydroxylation is 1. The number of nitrogens with one attached hydrogen (secondary N) is 1. The molecule has 0 saturated heterocycles. The predicted octanol–water partition coefficient (Wildman–Crippen LogP) is 1.88. The van der Waals surface area contributed by atoms with Gasteiger partial charge in [0.05, 0.1) is 6.20 Å². The molecular formula is C13H25N3O. The average Bonchev–Trinajstić information content (AvgIpc) is 2.59. The van der Waals surface area contributed by atoms with Gasteiger partial charge in [0.2, 0.25) is 0 Å². The van der Waals surface area contributed by atoms with Gasteiger partial charge in [-0.1, -0.05) is 13.8 Å². The van der Waals surface area contributed by atoms with Gasteiger partial charge in [0.25, 0.3) is 0 Å². The summed E-state index contributed by atoms with van der Waals surface area (Å²) in [4.78, 5) is 0. The molecule has 17 heavy (non-hydrogen) atoms. The van der Waals surface area contributed by atoms with Crippen LogP contribution < -0.4 is 5.32 Å². The van der Waals surface area contributed by atoms with Crippen molar-refractivity contribution in [3.63, 3.8) is 0 Å².